The second kappa shape index (κ2) is 5.34. The van der Waals surface area contributed by atoms with E-state index in [0.29, 0.717) is 0 Å². The molecule has 2 bridgehead atoms. The van der Waals surface area contributed by atoms with E-state index in [1.807, 2.05) is 0 Å². The highest BCUT2D eigenvalue weighted by molar-refractivity contribution is 5.66. The number of fused-ring (bicyclic) bond motifs is 2. The van der Waals surface area contributed by atoms with E-state index in [0.717, 1.165) is 0 Å². The fourth-order valence-corrected chi connectivity index (χ4v) is 3.33. The van der Waals surface area contributed by atoms with Gasteiger partial charge in [-0.05, 0) is 0 Å². The van der Waals surface area contributed by atoms with Crippen molar-refractivity contribution in [2.75, 3.05) is 19.6 Å². The summed E-state index contributed by atoms with van der Waals surface area (Å²) in [7, 11) is 0. The zero-order chi connectivity index (χ0) is 16.5. The number of nitriles is 1. The predicted molar refractivity (Wildman–Crippen MR) is 71.1 cm³/mol. The van der Waals surface area contributed by atoms with Gasteiger partial charge in [0.2, 0.25) is 5.54 Å². The molecular formula is C12H14N4O6. The summed E-state index contributed by atoms with van der Waals surface area (Å²) in [6.07, 6.45) is 0.489. The number of hydrogen-bond acceptors (Lipinski definition) is 7. The number of likely N-dealkylation sites (tertiary alicyclic amines) is 1. The minimum absolute atomic E-state index is 0.00373. The third-order valence-corrected chi connectivity index (χ3v) is 4.15. The Labute approximate surface area is 124 Å². The molecule has 10 nitrogen and oxygen atoms in total. The van der Waals surface area contributed by atoms with Crippen LogP contribution in [0.1, 0.15) is 19.3 Å². The average molecular weight is 310 g/mol. The van der Waals surface area contributed by atoms with E-state index in [1.54, 1.807) is 6.07 Å². The third kappa shape index (κ3) is 2.62. The van der Waals surface area contributed by atoms with E-state index in [4.69, 9.17) is 10.4 Å². The number of hydrogen-bond donors (Lipinski definition) is 1. The van der Waals surface area contributed by atoms with Crippen molar-refractivity contribution in [2.24, 2.45) is 0 Å². The van der Waals surface area contributed by atoms with Crippen LogP contribution in [0.25, 0.3) is 0 Å². The van der Waals surface area contributed by atoms with Crippen LogP contribution in [0.15, 0.2) is 11.6 Å². The summed E-state index contributed by atoms with van der Waals surface area (Å²) in [6.45, 7) is -0.230. The first kappa shape index (κ1) is 15.8. The molecule has 1 N–H and O–H groups in total. The summed E-state index contributed by atoms with van der Waals surface area (Å²) in [5, 5.41) is 40.7. The van der Waals surface area contributed by atoms with Crippen molar-refractivity contribution in [3.63, 3.8) is 0 Å². The van der Waals surface area contributed by atoms with Gasteiger partial charge in [0.1, 0.15) is 0 Å². The molecule has 2 rings (SSSR count). The van der Waals surface area contributed by atoms with E-state index >= 15 is 0 Å². The summed E-state index contributed by atoms with van der Waals surface area (Å²) in [5.74, 6) is -1.07. The van der Waals surface area contributed by atoms with Crippen molar-refractivity contribution in [1.29, 1.82) is 5.26 Å². The van der Waals surface area contributed by atoms with Crippen molar-refractivity contribution in [1.82, 2.24) is 4.90 Å². The van der Waals surface area contributed by atoms with E-state index < -0.39 is 26.9 Å². The average Bonchev–Trinajstić information content (AvgIpc) is 2.43. The fourth-order valence-electron chi connectivity index (χ4n) is 3.33. The lowest BCUT2D eigenvalue weighted by Crippen LogP contribution is -2.66. The van der Waals surface area contributed by atoms with E-state index in [9.17, 15) is 25.0 Å². The smallest absolute Gasteiger partial charge is 0.304 e. The Bertz CT molecular complexity index is 611. The van der Waals surface area contributed by atoms with Crippen LogP contribution in [0, 0.1) is 31.6 Å². The molecule has 0 saturated carbocycles. The van der Waals surface area contributed by atoms with Gasteiger partial charge >= 0.3 is 5.97 Å². The van der Waals surface area contributed by atoms with Crippen molar-refractivity contribution >= 4 is 5.97 Å². The van der Waals surface area contributed by atoms with Crippen molar-refractivity contribution < 1.29 is 19.7 Å². The molecule has 2 aliphatic rings. The molecule has 1 aliphatic carbocycles. The molecule has 2 atom stereocenters. The second-order valence-electron chi connectivity index (χ2n) is 5.83. The minimum Gasteiger partial charge on any atom is -0.481 e. The zero-order valence-corrected chi connectivity index (χ0v) is 11.6. The van der Waals surface area contributed by atoms with Crippen molar-refractivity contribution in [2.45, 2.75) is 30.3 Å². The molecule has 0 radical (unpaired) electrons. The maximum Gasteiger partial charge on any atom is 0.304 e. The number of nitro groups is 2. The molecule has 0 aromatic carbocycles. The number of piperidine rings is 1. The highest BCUT2D eigenvalue weighted by Crippen LogP contribution is 2.42. The van der Waals surface area contributed by atoms with Crippen LogP contribution in [0.5, 0.6) is 0 Å². The number of carbonyl (C=O) groups is 1. The van der Waals surface area contributed by atoms with Gasteiger partial charge in [0.15, 0.2) is 0 Å². The normalized spacial score (nSPS) is 31.0. The summed E-state index contributed by atoms with van der Waals surface area (Å²) in [5.41, 5.74) is -3.30. The molecule has 0 unspecified atom stereocenters. The van der Waals surface area contributed by atoms with Crippen LogP contribution in [0.4, 0.5) is 0 Å². The molecule has 1 heterocycles. The van der Waals surface area contributed by atoms with Gasteiger partial charge in [-0.3, -0.25) is 29.9 Å². The summed E-state index contributed by atoms with van der Waals surface area (Å²) >= 11 is 0. The summed E-state index contributed by atoms with van der Waals surface area (Å²) in [6, 6.07) is 1.80. The lowest BCUT2D eigenvalue weighted by atomic mass is 9.69. The molecule has 22 heavy (non-hydrogen) atoms. The highest BCUT2D eigenvalue weighted by Gasteiger charge is 2.63. The molecule has 118 valence electrons. The highest BCUT2D eigenvalue weighted by atomic mass is 16.6. The first-order valence-electron chi connectivity index (χ1n) is 6.58. The van der Waals surface area contributed by atoms with Gasteiger partial charge in [-0.1, -0.05) is 0 Å². The Morgan fingerprint density at radius 3 is 2.59 bits per heavy atom. The predicted octanol–water partition coefficient (Wildman–Crippen LogP) is 0.0515. The molecule has 1 aliphatic heterocycles. The van der Waals surface area contributed by atoms with Crippen LogP contribution in [-0.2, 0) is 4.79 Å². The molecule has 0 spiro atoms. The number of nitrogens with zero attached hydrogens (tertiary/aromatic N) is 4. The molecule has 0 aromatic rings. The fraction of sp³-hybridized carbons (Fsp3) is 0.667. The van der Waals surface area contributed by atoms with Gasteiger partial charge in [-0.25, -0.2) is 0 Å². The van der Waals surface area contributed by atoms with Gasteiger partial charge in [-0.15, -0.1) is 0 Å². The van der Waals surface area contributed by atoms with E-state index in [2.05, 4.69) is 0 Å². The van der Waals surface area contributed by atoms with Crippen LogP contribution in [0.2, 0.25) is 0 Å². The van der Waals surface area contributed by atoms with E-state index in [1.165, 1.54) is 11.0 Å². The number of rotatable bonds is 5. The molecule has 10 heteroatoms. The van der Waals surface area contributed by atoms with Crippen LogP contribution in [-0.4, -0.2) is 56.5 Å². The summed E-state index contributed by atoms with van der Waals surface area (Å²) < 4.78 is 0. The first-order valence-corrected chi connectivity index (χ1v) is 6.58. The standard InChI is InChI=1S/C12H14N4O6/c13-5-9-3-11(15(19)20)6-12(4-9,16(21)22)8-14(7-11)2-1-10(17)18/h3H,1-2,4,6-8H2,(H,17,18)/t11-,12-/m1/s1. The monoisotopic (exact) mass is 310 g/mol. The topological polar surface area (TPSA) is 151 Å². The molecular weight excluding hydrogens is 296 g/mol. The SMILES string of the molecule is N#CC1=C[C@]2([N+](=O)[O-])CN(CCC(=O)O)C[C@@]([N+](=O)[O-])(C1)C2. The maximum atomic E-state index is 11.5. The van der Waals surface area contributed by atoms with Crippen LogP contribution in [0.3, 0.4) is 0 Å². The summed E-state index contributed by atoms with van der Waals surface area (Å²) in [4.78, 5) is 33.9. The Morgan fingerprint density at radius 2 is 2.09 bits per heavy atom. The lowest BCUT2D eigenvalue weighted by Gasteiger charge is -2.44. The zero-order valence-electron chi connectivity index (χ0n) is 11.6. The third-order valence-electron chi connectivity index (χ3n) is 4.15. The second-order valence-corrected chi connectivity index (χ2v) is 5.83. The molecule has 1 saturated heterocycles. The molecule has 0 aromatic heterocycles. The largest absolute Gasteiger partial charge is 0.481 e. The van der Waals surface area contributed by atoms with E-state index in [-0.39, 0.29) is 44.5 Å². The van der Waals surface area contributed by atoms with Gasteiger partial charge in [0.25, 0.3) is 5.54 Å². The van der Waals surface area contributed by atoms with Gasteiger partial charge in [0.05, 0.1) is 38.4 Å². The maximum absolute atomic E-state index is 11.5. The lowest BCUT2D eigenvalue weighted by molar-refractivity contribution is -0.619. The van der Waals surface area contributed by atoms with Crippen molar-refractivity contribution in [3.8, 4) is 6.07 Å². The van der Waals surface area contributed by atoms with Gasteiger partial charge in [-0.2, -0.15) is 5.26 Å². The Morgan fingerprint density at radius 1 is 1.41 bits per heavy atom. The Hall–Kier alpha value is -2.54. The van der Waals surface area contributed by atoms with Gasteiger partial charge in [0, 0.05) is 28.0 Å². The number of carboxylic acids is 1. The number of aliphatic carboxylic acids is 1. The van der Waals surface area contributed by atoms with Crippen molar-refractivity contribution in [3.05, 3.63) is 31.9 Å². The van der Waals surface area contributed by atoms with Crippen LogP contribution >= 0.6 is 0 Å². The minimum atomic E-state index is -1.72. The van der Waals surface area contributed by atoms with Crippen LogP contribution < -0.4 is 0 Å². The Balaban J connectivity index is 2.42. The molecule has 1 fully saturated rings. The first-order chi connectivity index (χ1) is 10.2. The Kier molecular flexibility index (Phi) is 3.85. The van der Waals surface area contributed by atoms with Gasteiger partial charge < -0.3 is 5.11 Å². The quantitative estimate of drug-likeness (QED) is 0.552. The molecule has 0 amide bonds. The number of carboxylic acid groups (broad SMARTS) is 1.